The van der Waals surface area contributed by atoms with E-state index in [4.69, 9.17) is 14.2 Å². The number of allylic oxidation sites excluding steroid dienone is 2. The molecule has 0 aliphatic rings. The highest BCUT2D eigenvalue weighted by molar-refractivity contribution is 5.69. The number of carbonyl (C=O) groups excluding carboxylic acids is 2. The van der Waals surface area contributed by atoms with Gasteiger partial charge < -0.3 is 19.1 Å². The molecule has 0 saturated carbocycles. The van der Waals surface area contributed by atoms with Gasteiger partial charge in [-0.3, -0.25) is 9.59 Å². The normalized spacial score (nSPS) is 11.7. The Morgan fingerprint density at radius 3 is 1.37 bits per heavy atom. The largest absolute Gasteiger partial charge is 0.461 e. The maximum atomic E-state index is 11.9. The second kappa shape index (κ2) is 34.8. The van der Waals surface area contributed by atoms with E-state index in [2.05, 4.69) is 30.9 Å². The summed E-state index contributed by atoms with van der Waals surface area (Å²) in [7, 11) is 1.77. The highest BCUT2D eigenvalue weighted by atomic mass is 16.5. The molecule has 0 saturated heterocycles. The first-order valence-electron chi connectivity index (χ1n) is 18.0. The molecule has 0 aliphatic carbocycles. The van der Waals surface area contributed by atoms with Crippen LogP contribution in [0.5, 0.6) is 0 Å². The molecule has 0 radical (unpaired) electrons. The standard InChI is InChI=1S/C37H69NO5/c1-4-6-8-10-12-20-26-33-42-36(39)28-22-16-14-18-24-30-38(32-35-41-3)31-25-19-15-17-23-29-37(40)43-34-27-21-13-11-9-7-5-2/h20-21,26-27H,4-19,22-25,28-35H2,1-3H3/b26-20-,27-21-. The van der Waals surface area contributed by atoms with Gasteiger partial charge in [-0.2, -0.15) is 0 Å². The van der Waals surface area contributed by atoms with Gasteiger partial charge in [0.2, 0.25) is 0 Å². The van der Waals surface area contributed by atoms with E-state index in [9.17, 15) is 9.59 Å². The summed E-state index contributed by atoms with van der Waals surface area (Å²) in [5.74, 6) is -0.143. The zero-order chi connectivity index (χ0) is 31.5. The molecule has 43 heavy (non-hydrogen) atoms. The monoisotopic (exact) mass is 608 g/mol. The van der Waals surface area contributed by atoms with Crippen LogP contribution in [0, 0.1) is 0 Å². The topological polar surface area (TPSA) is 65.1 Å². The summed E-state index contributed by atoms with van der Waals surface area (Å²) in [5.41, 5.74) is 0. The summed E-state index contributed by atoms with van der Waals surface area (Å²) in [6, 6.07) is 0. The van der Waals surface area contributed by atoms with Gasteiger partial charge in [-0.15, -0.1) is 0 Å². The van der Waals surface area contributed by atoms with Crippen molar-refractivity contribution in [3.05, 3.63) is 24.3 Å². The maximum Gasteiger partial charge on any atom is 0.306 e. The van der Waals surface area contributed by atoms with E-state index in [1.54, 1.807) is 7.11 Å². The van der Waals surface area contributed by atoms with Gasteiger partial charge in [0.25, 0.3) is 0 Å². The highest BCUT2D eigenvalue weighted by Gasteiger charge is 2.06. The summed E-state index contributed by atoms with van der Waals surface area (Å²) in [6.07, 6.45) is 32.7. The van der Waals surface area contributed by atoms with E-state index in [1.165, 1.54) is 89.9 Å². The predicted molar refractivity (Wildman–Crippen MR) is 181 cm³/mol. The third-order valence-electron chi connectivity index (χ3n) is 7.79. The van der Waals surface area contributed by atoms with Gasteiger partial charge in [-0.05, 0) is 64.5 Å². The molecule has 0 amide bonds. The fraction of sp³-hybridized carbons (Fsp3) is 0.838. The van der Waals surface area contributed by atoms with Crippen LogP contribution in [0.25, 0.3) is 0 Å². The lowest BCUT2D eigenvalue weighted by molar-refractivity contribution is -0.143. The van der Waals surface area contributed by atoms with Crippen molar-refractivity contribution < 1.29 is 23.8 Å². The van der Waals surface area contributed by atoms with Crippen LogP contribution in [-0.4, -0.2) is 63.4 Å². The second-order valence-electron chi connectivity index (χ2n) is 11.9. The molecule has 252 valence electrons. The van der Waals surface area contributed by atoms with Gasteiger partial charge in [-0.1, -0.05) is 115 Å². The van der Waals surface area contributed by atoms with Gasteiger partial charge in [-0.25, -0.2) is 0 Å². The second-order valence-corrected chi connectivity index (χ2v) is 11.9. The lowest BCUT2D eigenvalue weighted by Crippen LogP contribution is -2.29. The molecule has 0 fully saturated rings. The summed E-state index contributed by atoms with van der Waals surface area (Å²) in [5, 5.41) is 0. The lowest BCUT2D eigenvalue weighted by atomic mass is 10.1. The molecule has 0 N–H and O–H groups in total. The first kappa shape index (κ1) is 41.3. The molecule has 6 heteroatoms. The summed E-state index contributed by atoms with van der Waals surface area (Å²) in [4.78, 5) is 26.3. The molecule has 0 aromatic heterocycles. The Hall–Kier alpha value is -1.66. The number of hydrogen-bond acceptors (Lipinski definition) is 6. The van der Waals surface area contributed by atoms with Crippen LogP contribution in [0.4, 0.5) is 0 Å². The van der Waals surface area contributed by atoms with Gasteiger partial charge in [0.05, 0.1) is 6.61 Å². The van der Waals surface area contributed by atoms with Crippen LogP contribution in [-0.2, 0) is 23.8 Å². The van der Waals surface area contributed by atoms with E-state index in [0.717, 1.165) is 64.8 Å². The average molecular weight is 608 g/mol. The zero-order valence-corrected chi connectivity index (χ0v) is 28.6. The minimum Gasteiger partial charge on any atom is -0.461 e. The number of carbonyl (C=O) groups is 2. The SMILES string of the molecule is CCCCCC/C=C\COC(=O)CCCCCCCN(CCCCCCCC(=O)OC/C=C\CCCCCC)CCOC. The lowest BCUT2D eigenvalue weighted by Gasteiger charge is -2.22. The minimum atomic E-state index is -0.0717. The van der Waals surface area contributed by atoms with Crippen molar-refractivity contribution in [3.8, 4) is 0 Å². The van der Waals surface area contributed by atoms with Gasteiger partial charge >= 0.3 is 11.9 Å². The van der Waals surface area contributed by atoms with Crippen molar-refractivity contribution in [1.29, 1.82) is 0 Å². The molecule has 0 spiro atoms. The van der Waals surface area contributed by atoms with Crippen molar-refractivity contribution in [3.63, 3.8) is 0 Å². The minimum absolute atomic E-state index is 0.0717. The van der Waals surface area contributed by atoms with Gasteiger partial charge in [0, 0.05) is 26.5 Å². The van der Waals surface area contributed by atoms with Crippen LogP contribution in [0.1, 0.15) is 155 Å². The molecule has 6 nitrogen and oxygen atoms in total. The van der Waals surface area contributed by atoms with E-state index >= 15 is 0 Å². The van der Waals surface area contributed by atoms with Crippen molar-refractivity contribution in [1.82, 2.24) is 4.90 Å². The first-order valence-corrected chi connectivity index (χ1v) is 18.0. The summed E-state index contributed by atoms with van der Waals surface area (Å²) in [6.45, 7) is 9.23. The zero-order valence-electron chi connectivity index (χ0n) is 28.6. The van der Waals surface area contributed by atoms with E-state index in [1.807, 2.05) is 12.2 Å². The quantitative estimate of drug-likeness (QED) is 0.0420. The van der Waals surface area contributed by atoms with Crippen LogP contribution in [0.3, 0.4) is 0 Å². The highest BCUT2D eigenvalue weighted by Crippen LogP contribution is 2.10. The number of hydrogen-bond donors (Lipinski definition) is 0. The molecular formula is C37H69NO5. The smallest absolute Gasteiger partial charge is 0.306 e. The molecule has 0 aliphatic heterocycles. The molecule has 0 bridgehead atoms. The number of esters is 2. The molecule has 0 aromatic carbocycles. The van der Waals surface area contributed by atoms with Crippen LogP contribution in [0.15, 0.2) is 24.3 Å². The van der Waals surface area contributed by atoms with Gasteiger partial charge in [0.15, 0.2) is 0 Å². The Balaban J connectivity index is 3.71. The van der Waals surface area contributed by atoms with Gasteiger partial charge in [0.1, 0.15) is 13.2 Å². The predicted octanol–water partition coefficient (Wildman–Crippen LogP) is 9.76. The van der Waals surface area contributed by atoms with Crippen molar-refractivity contribution in [2.75, 3.05) is 46.6 Å². The Labute approximate surface area is 266 Å². The fourth-order valence-corrected chi connectivity index (χ4v) is 5.00. The number of ether oxygens (including phenoxy) is 3. The Morgan fingerprint density at radius 1 is 0.512 bits per heavy atom. The van der Waals surface area contributed by atoms with Crippen LogP contribution < -0.4 is 0 Å². The van der Waals surface area contributed by atoms with Crippen LogP contribution in [0.2, 0.25) is 0 Å². The summed E-state index contributed by atoms with van der Waals surface area (Å²) >= 11 is 0. The number of nitrogens with zero attached hydrogens (tertiary/aromatic N) is 1. The maximum absolute atomic E-state index is 11.9. The number of methoxy groups -OCH3 is 1. The van der Waals surface area contributed by atoms with E-state index in [-0.39, 0.29) is 11.9 Å². The summed E-state index contributed by atoms with van der Waals surface area (Å²) < 4.78 is 15.9. The molecule has 0 rings (SSSR count). The fourth-order valence-electron chi connectivity index (χ4n) is 5.00. The molecule has 0 aromatic rings. The third kappa shape index (κ3) is 33.1. The average Bonchev–Trinajstić information content (AvgIpc) is 3.01. The van der Waals surface area contributed by atoms with E-state index in [0.29, 0.717) is 26.1 Å². The van der Waals surface area contributed by atoms with Crippen molar-refractivity contribution in [2.45, 2.75) is 155 Å². The molecule has 0 atom stereocenters. The molecule has 0 heterocycles. The van der Waals surface area contributed by atoms with Crippen molar-refractivity contribution in [2.24, 2.45) is 0 Å². The first-order chi connectivity index (χ1) is 21.1. The van der Waals surface area contributed by atoms with Crippen molar-refractivity contribution >= 4 is 11.9 Å². The number of unbranched alkanes of at least 4 members (excludes halogenated alkanes) is 16. The Kier molecular flexibility index (Phi) is 33.5. The Bertz CT molecular complexity index is 611. The van der Waals surface area contributed by atoms with E-state index < -0.39 is 0 Å². The third-order valence-corrected chi connectivity index (χ3v) is 7.79. The Morgan fingerprint density at radius 2 is 0.930 bits per heavy atom. The van der Waals surface area contributed by atoms with Crippen LogP contribution >= 0.6 is 0 Å². The number of rotatable bonds is 33. The molecular weight excluding hydrogens is 538 g/mol. The molecule has 0 unspecified atom stereocenters.